The maximum Gasteiger partial charge on any atom is 0.137 e. The van der Waals surface area contributed by atoms with Crippen molar-refractivity contribution in [1.82, 2.24) is 0 Å². The SMILES string of the molecule is COc1ccc(-c2cc(=Nc3ccc(OCc4ccccc4)cc3)c3cc(O)ccc3o2)cc1. The fourth-order valence-corrected chi connectivity index (χ4v) is 3.64. The number of fused-ring (bicyclic) bond motifs is 1. The first-order chi connectivity index (χ1) is 16.7. The lowest BCUT2D eigenvalue weighted by molar-refractivity contribution is 0.306. The third kappa shape index (κ3) is 4.79. The number of aromatic hydroxyl groups is 1. The van der Waals surface area contributed by atoms with E-state index in [4.69, 9.17) is 18.9 Å². The Morgan fingerprint density at radius 2 is 1.53 bits per heavy atom. The Labute approximate surface area is 197 Å². The Bertz CT molecular complexity index is 1470. The molecule has 1 aromatic heterocycles. The van der Waals surface area contributed by atoms with Crippen LogP contribution in [0.25, 0.3) is 22.3 Å². The predicted octanol–water partition coefficient (Wildman–Crippen LogP) is 6.63. The van der Waals surface area contributed by atoms with E-state index >= 15 is 0 Å². The summed E-state index contributed by atoms with van der Waals surface area (Å²) in [7, 11) is 1.64. The highest BCUT2D eigenvalue weighted by molar-refractivity contribution is 5.80. The van der Waals surface area contributed by atoms with E-state index < -0.39 is 0 Å². The van der Waals surface area contributed by atoms with E-state index in [0.29, 0.717) is 23.3 Å². The number of hydrogen-bond acceptors (Lipinski definition) is 5. The second kappa shape index (κ2) is 9.55. The Kier molecular flexibility index (Phi) is 5.99. The maximum atomic E-state index is 10.0. The number of nitrogens with zero attached hydrogens (tertiary/aromatic N) is 1. The summed E-state index contributed by atoms with van der Waals surface area (Å²) in [5, 5.41) is 11.5. The lowest BCUT2D eigenvalue weighted by Gasteiger charge is -2.07. The van der Waals surface area contributed by atoms with Crippen molar-refractivity contribution in [3.63, 3.8) is 0 Å². The summed E-state index contributed by atoms with van der Waals surface area (Å²) in [6.07, 6.45) is 0. The van der Waals surface area contributed by atoms with E-state index in [9.17, 15) is 5.11 Å². The van der Waals surface area contributed by atoms with Crippen LogP contribution >= 0.6 is 0 Å². The first-order valence-corrected chi connectivity index (χ1v) is 10.9. The van der Waals surface area contributed by atoms with Gasteiger partial charge in [0.05, 0.1) is 18.2 Å². The molecule has 0 aliphatic rings. The first kappa shape index (κ1) is 21.3. The van der Waals surface area contributed by atoms with Crippen molar-refractivity contribution in [2.75, 3.05) is 7.11 Å². The smallest absolute Gasteiger partial charge is 0.137 e. The molecule has 5 heteroatoms. The highest BCUT2D eigenvalue weighted by Gasteiger charge is 2.08. The van der Waals surface area contributed by atoms with Gasteiger partial charge in [0.15, 0.2) is 0 Å². The van der Waals surface area contributed by atoms with Gasteiger partial charge in [0.2, 0.25) is 0 Å². The zero-order valence-electron chi connectivity index (χ0n) is 18.6. The molecule has 34 heavy (non-hydrogen) atoms. The molecule has 0 fully saturated rings. The van der Waals surface area contributed by atoms with Gasteiger partial charge in [-0.2, -0.15) is 0 Å². The van der Waals surface area contributed by atoms with Gasteiger partial charge < -0.3 is 19.0 Å². The normalized spacial score (nSPS) is 11.5. The molecule has 0 radical (unpaired) electrons. The molecule has 0 saturated heterocycles. The van der Waals surface area contributed by atoms with Crippen molar-refractivity contribution in [2.24, 2.45) is 4.99 Å². The average Bonchev–Trinajstić information content (AvgIpc) is 2.89. The Hall–Kier alpha value is -4.51. The van der Waals surface area contributed by atoms with Crippen LogP contribution in [0, 0.1) is 0 Å². The Morgan fingerprint density at radius 3 is 2.26 bits per heavy atom. The summed E-state index contributed by atoms with van der Waals surface area (Å²) in [5.74, 6) is 2.37. The summed E-state index contributed by atoms with van der Waals surface area (Å²) in [5.41, 5.74) is 3.41. The third-order valence-electron chi connectivity index (χ3n) is 5.44. The monoisotopic (exact) mass is 449 g/mol. The number of rotatable bonds is 6. The molecule has 0 bridgehead atoms. The van der Waals surface area contributed by atoms with Crippen LogP contribution in [-0.2, 0) is 6.61 Å². The second-order valence-electron chi connectivity index (χ2n) is 7.78. The van der Waals surface area contributed by atoms with E-state index in [1.54, 1.807) is 25.3 Å². The molecule has 5 aromatic rings. The predicted molar refractivity (Wildman–Crippen MR) is 132 cm³/mol. The topological polar surface area (TPSA) is 64.2 Å². The molecule has 0 aliphatic carbocycles. The van der Waals surface area contributed by atoms with Gasteiger partial charge in [0.1, 0.15) is 35.2 Å². The Balaban J connectivity index is 1.49. The van der Waals surface area contributed by atoms with Crippen LogP contribution in [0.3, 0.4) is 0 Å². The third-order valence-corrected chi connectivity index (χ3v) is 5.44. The Morgan fingerprint density at radius 1 is 0.794 bits per heavy atom. The van der Waals surface area contributed by atoms with Gasteiger partial charge in [-0.15, -0.1) is 0 Å². The van der Waals surface area contributed by atoms with Gasteiger partial charge in [0.25, 0.3) is 0 Å². The van der Waals surface area contributed by atoms with E-state index in [1.807, 2.05) is 84.9 Å². The second-order valence-corrected chi connectivity index (χ2v) is 7.78. The molecule has 0 atom stereocenters. The van der Waals surface area contributed by atoms with Crippen molar-refractivity contribution < 1.29 is 19.0 Å². The highest BCUT2D eigenvalue weighted by Crippen LogP contribution is 2.27. The van der Waals surface area contributed by atoms with E-state index in [2.05, 4.69) is 0 Å². The zero-order valence-corrected chi connectivity index (χ0v) is 18.6. The van der Waals surface area contributed by atoms with E-state index in [1.165, 1.54) is 0 Å². The first-order valence-electron chi connectivity index (χ1n) is 10.9. The van der Waals surface area contributed by atoms with Crippen molar-refractivity contribution in [2.45, 2.75) is 6.61 Å². The number of ether oxygens (including phenoxy) is 2. The molecule has 0 unspecified atom stereocenters. The quantitative estimate of drug-likeness (QED) is 0.316. The molecule has 0 saturated carbocycles. The zero-order chi connectivity index (χ0) is 23.3. The number of benzene rings is 4. The van der Waals surface area contributed by atoms with E-state index in [0.717, 1.165) is 33.7 Å². The molecule has 0 amide bonds. The minimum Gasteiger partial charge on any atom is -0.508 e. The van der Waals surface area contributed by atoms with Crippen LogP contribution in [0.5, 0.6) is 17.2 Å². The summed E-state index contributed by atoms with van der Waals surface area (Å²) in [6, 6.07) is 32.2. The minimum atomic E-state index is 0.154. The molecule has 4 aromatic carbocycles. The number of phenolic OH excluding ortho intramolecular Hbond substituents is 1. The summed E-state index contributed by atoms with van der Waals surface area (Å²) in [6.45, 7) is 0.507. The van der Waals surface area contributed by atoms with Crippen molar-refractivity contribution in [3.8, 4) is 28.6 Å². The van der Waals surface area contributed by atoms with Crippen LogP contribution in [0.4, 0.5) is 5.69 Å². The molecular formula is C29H23NO4. The van der Waals surface area contributed by atoms with E-state index in [-0.39, 0.29) is 5.75 Å². The van der Waals surface area contributed by atoms with Crippen LogP contribution in [0.2, 0.25) is 0 Å². The summed E-state index contributed by atoms with van der Waals surface area (Å²) < 4.78 is 17.3. The molecule has 168 valence electrons. The molecular weight excluding hydrogens is 426 g/mol. The molecule has 5 nitrogen and oxygen atoms in total. The van der Waals surface area contributed by atoms with Gasteiger partial charge in [-0.05, 0) is 72.3 Å². The lowest BCUT2D eigenvalue weighted by Crippen LogP contribution is -2.03. The van der Waals surface area contributed by atoms with Crippen molar-refractivity contribution in [1.29, 1.82) is 0 Å². The van der Waals surface area contributed by atoms with Crippen molar-refractivity contribution >= 4 is 16.7 Å². The summed E-state index contributed by atoms with van der Waals surface area (Å²) >= 11 is 0. The lowest BCUT2D eigenvalue weighted by atomic mass is 10.1. The minimum absolute atomic E-state index is 0.154. The molecule has 1 heterocycles. The number of phenols is 1. The molecule has 1 N–H and O–H groups in total. The average molecular weight is 450 g/mol. The van der Waals surface area contributed by atoms with Gasteiger partial charge in [-0.25, -0.2) is 4.99 Å². The molecule has 0 aliphatic heterocycles. The van der Waals surface area contributed by atoms with Crippen LogP contribution in [0.1, 0.15) is 5.56 Å². The number of methoxy groups -OCH3 is 1. The van der Waals surface area contributed by atoms with Crippen molar-refractivity contribution in [3.05, 3.63) is 114 Å². The molecule has 5 rings (SSSR count). The molecule has 0 spiro atoms. The van der Waals surface area contributed by atoms with Crippen LogP contribution < -0.4 is 14.8 Å². The van der Waals surface area contributed by atoms with Gasteiger partial charge in [-0.1, -0.05) is 30.3 Å². The fraction of sp³-hybridized carbons (Fsp3) is 0.0690. The van der Waals surface area contributed by atoms with Crippen LogP contribution in [0.15, 0.2) is 113 Å². The van der Waals surface area contributed by atoms with Gasteiger partial charge in [-0.3, -0.25) is 0 Å². The van der Waals surface area contributed by atoms with Gasteiger partial charge in [0, 0.05) is 17.0 Å². The number of hydrogen-bond donors (Lipinski definition) is 1. The summed E-state index contributed by atoms with van der Waals surface area (Å²) in [4.78, 5) is 4.84. The fourth-order valence-electron chi connectivity index (χ4n) is 3.64. The van der Waals surface area contributed by atoms with Crippen LogP contribution in [-0.4, -0.2) is 12.2 Å². The standard InChI is InChI=1S/C29H23NO4/c1-32-24-12-7-21(8-13-24)29-18-27(26-17-23(31)11-16-28(26)34-29)30-22-9-14-25(15-10-22)33-19-20-5-3-2-4-6-20/h2-18,31H,19H2,1H3. The highest BCUT2D eigenvalue weighted by atomic mass is 16.5. The maximum absolute atomic E-state index is 10.0. The largest absolute Gasteiger partial charge is 0.508 e. The van der Waals surface area contributed by atoms with Gasteiger partial charge >= 0.3 is 0 Å².